The van der Waals surface area contributed by atoms with Gasteiger partial charge in [0.1, 0.15) is 28.6 Å². The van der Waals surface area contributed by atoms with Crippen molar-refractivity contribution in [3.8, 4) is 23.0 Å². The van der Waals surface area contributed by atoms with E-state index in [9.17, 15) is 20.1 Å². The molecule has 0 atom stereocenters. The molecule has 0 aliphatic carbocycles. The Morgan fingerprint density at radius 2 is 1.94 bits per heavy atom. The Balaban J connectivity index is 1.48. The molecular formula is C25H26N2O6. The first-order valence-electron chi connectivity index (χ1n) is 11.0. The van der Waals surface area contributed by atoms with Crippen LogP contribution in [0.5, 0.6) is 23.0 Å². The van der Waals surface area contributed by atoms with Crippen LogP contribution >= 0.6 is 0 Å². The van der Waals surface area contributed by atoms with Crippen molar-refractivity contribution in [2.75, 3.05) is 26.7 Å². The number of aliphatic hydroxyl groups excluding tert-OH is 1. The van der Waals surface area contributed by atoms with Gasteiger partial charge in [0.2, 0.25) is 5.78 Å². The summed E-state index contributed by atoms with van der Waals surface area (Å²) in [6.45, 7) is 3.36. The molecule has 1 aromatic heterocycles. The summed E-state index contributed by atoms with van der Waals surface area (Å²) in [7, 11) is 1.61. The maximum atomic E-state index is 12.9. The minimum Gasteiger partial charge on any atom is -0.508 e. The number of Topliss-reactive ketones (excluding diaryl/α,β-unsaturated/α-hetero) is 1. The number of phenolic OH excluding ortho intramolecular Hbond substituents is 2. The average molecular weight is 450 g/mol. The molecule has 2 aliphatic rings. The van der Waals surface area contributed by atoms with E-state index in [-0.39, 0.29) is 34.7 Å². The van der Waals surface area contributed by atoms with E-state index in [0.29, 0.717) is 5.75 Å². The maximum absolute atomic E-state index is 12.9. The molecule has 5 rings (SSSR count). The molecule has 3 heterocycles. The number of nitrogens with zero attached hydrogens (tertiary/aromatic N) is 2. The van der Waals surface area contributed by atoms with E-state index in [2.05, 4.69) is 9.47 Å². The van der Waals surface area contributed by atoms with Gasteiger partial charge in [-0.25, -0.2) is 0 Å². The van der Waals surface area contributed by atoms with E-state index in [0.717, 1.165) is 61.6 Å². The van der Waals surface area contributed by atoms with Crippen molar-refractivity contribution in [2.45, 2.75) is 25.5 Å². The highest BCUT2D eigenvalue weighted by Gasteiger charge is 2.31. The number of aromatic hydroxyl groups is 2. The zero-order valence-corrected chi connectivity index (χ0v) is 18.3. The number of carbonyl (C=O) groups excluding carboxylic acids is 1. The zero-order chi connectivity index (χ0) is 23.1. The first-order chi connectivity index (χ1) is 15.9. The van der Waals surface area contributed by atoms with Crippen LogP contribution in [-0.4, -0.2) is 63.4 Å². The standard InChI is InChI=1S/C25H26N2O6/c1-32-18-2-3-20-19(13-18)15(14-27(20)9-8-26-6-4-16(28)5-7-26)10-23-25(31)24-21(30)11-17(29)12-22(24)33-23/h2-3,10-14,16,28-30H,4-9H2,1H3/b23-10-. The van der Waals surface area contributed by atoms with Crippen molar-refractivity contribution in [3.63, 3.8) is 0 Å². The predicted octanol–water partition coefficient (Wildman–Crippen LogP) is 3.13. The van der Waals surface area contributed by atoms with Gasteiger partial charge in [-0.05, 0) is 37.1 Å². The van der Waals surface area contributed by atoms with Crippen LogP contribution in [-0.2, 0) is 6.54 Å². The van der Waals surface area contributed by atoms with Crippen LogP contribution in [0, 0.1) is 0 Å². The van der Waals surface area contributed by atoms with Gasteiger partial charge >= 0.3 is 0 Å². The van der Waals surface area contributed by atoms with Gasteiger partial charge < -0.3 is 34.3 Å². The van der Waals surface area contributed by atoms with Crippen molar-refractivity contribution >= 4 is 22.8 Å². The fraction of sp³-hybridized carbons (Fsp3) is 0.320. The van der Waals surface area contributed by atoms with E-state index in [4.69, 9.17) is 9.47 Å². The quantitative estimate of drug-likeness (QED) is 0.513. The third-order valence-corrected chi connectivity index (χ3v) is 6.36. The van der Waals surface area contributed by atoms with E-state index in [1.165, 1.54) is 6.07 Å². The summed E-state index contributed by atoms with van der Waals surface area (Å²) in [5.41, 5.74) is 1.84. The summed E-state index contributed by atoms with van der Waals surface area (Å²) >= 11 is 0. The number of aliphatic hydroxyl groups is 1. The Labute approximate surface area is 190 Å². The highest BCUT2D eigenvalue weighted by molar-refractivity contribution is 6.16. The Kier molecular flexibility index (Phi) is 5.47. The van der Waals surface area contributed by atoms with Crippen LogP contribution in [0.25, 0.3) is 17.0 Å². The minimum absolute atomic E-state index is 0.0488. The van der Waals surface area contributed by atoms with E-state index < -0.39 is 5.78 Å². The Morgan fingerprint density at radius 1 is 1.15 bits per heavy atom. The second-order valence-corrected chi connectivity index (χ2v) is 8.51. The number of carbonyl (C=O) groups is 1. The second kappa shape index (κ2) is 8.46. The summed E-state index contributed by atoms with van der Waals surface area (Å²) < 4.78 is 13.2. The van der Waals surface area contributed by atoms with Crippen LogP contribution in [0.3, 0.4) is 0 Å². The van der Waals surface area contributed by atoms with Gasteiger partial charge in [-0.1, -0.05) is 0 Å². The second-order valence-electron chi connectivity index (χ2n) is 8.51. The molecular weight excluding hydrogens is 424 g/mol. The van der Waals surface area contributed by atoms with Crippen molar-refractivity contribution < 1.29 is 29.6 Å². The van der Waals surface area contributed by atoms with Crippen LogP contribution in [0.15, 0.2) is 42.3 Å². The number of rotatable bonds is 5. The molecule has 0 radical (unpaired) electrons. The fourth-order valence-electron chi connectivity index (χ4n) is 4.54. The fourth-order valence-corrected chi connectivity index (χ4v) is 4.54. The Bertz CT molecular complexity index is 1250. The molecule has 8 heteroatoms. The van der Waals surface area contributed by atoms with Gasteiger partial charge in [-0.3, -0.25) is 4.79 Å². The molecule has 33 heavy (non-hydrogen) atoms. The monoisotopic (exact) mass is 450 g/mol. The third-order valence-electron chi connectivity index (χ3n) is 6.36. The molecule has 2 aliphatic heterocycles. The largest absolute Gasteiger partial charge is 0.508 e. The highest BCUT2D eigenvalue weighted by Crippen LogP contribution is 2.41. The van der Waals surface area contributed by atoms with Crippen molar-refractivity contribution in [1.29, 1.82) is 0 Å². The number of fused-ring (bicyclic) bond motifs is 2. The lowest BCUT2D eigenvalue weighted by molar-refractivity contribution is 0.0811. The SMILES string of the molecule is COc1ccc2c(c1)c(/C=C1\Oc3cc(O)cc(O)c3C1=O)cn2CCN1CCC(O)CC1. The number of piperidine rings is 1. The molecule has 0 bridgehead atoms. The van der Waals surface area contributed by atoms with E-state index in [1.807, 2.05) is 24.4 Å². The number of likely N-dealkylation sites (tertiary alicyclic amines) is 1. The number of ether oxygens (including phenoxy) is 2. The molecule has 0 amide bonds. The average Bonchev–Trinajstić information content (AvgIpc) is 3.30. The van der Waals surface area contributed by atoms with Crippen LogP contribution in [0.1, 0.15) is 28.8 Å². The van der Waals surface area contributed by atoms with Gasteiger partial charge in [0.15, 0.2) is 5.76 Å². The number of hydrogen-bond donors (Lipinski definition) is 3. The molecule has 2 aromatic carbocycles. The highest BCUT2D eigenvalue weighted by atomic mass is 16.5. The Morgan fingerprint density at radius 3 is 2.70 bits per heavy atom. The summed E-state index contributed by atoms with van der Waals surface area (Å²) in [6, 6.07) is 8.26. The number of methoxy groups -OCH3 is 1. The zero-order valence-electron chi connectivity index (χ0n) is 18.3. The number of allylic oxidation sites excluding steroid dienone is 1. The Hall–Kier alpha value is -3.49. The molecule has 172 valence electrons. The first-order valence-corrected chi connectivity index (χ1v) is 11.0. The predicted molar refractivity (Wildman–Crippen MR) is 123 cm³/mol. The molecule has 0 saturated carbocycles. The number of phenols is 2. The number of benzene rings is 2. The molecule has 8 nitrogen and oxygen atoms in total. The van der Waals surface area contributed by atoms with Gasteiger partial charge in [-0.15, -0.1) is 0 Å². The van der Waals surface area contributed by atoms with Crippen molar-refractivity contribution in [2.24, 2.45) is 0 Å². The summed E-state index contributed by atoms with van der Waals surface area (Å²) in [4.78, 5) is 15.2. The molecule has 0 unspecified atom stereocenters. The maximum Gasteiger partial charge on any atom is 0.235 e. The van der Waals surface area contributed by atoms with Crippen molar-refractivity contribution in [1.82, 2.24) is 9.47 Å². The summed E-state index contributed by atoms with van der Waals surface area (Å²) in [5, 5.41) is 30.5. The lowest BCUT2D eigenvalue weighted by atomic mass is 10.1. The summed E-state index contributed by atoms with van der Waals surface area (Å²) in [6.07, 6.45) is 5.03. The smallest absolute Gasteiger partial charge is 0.235 e. The van der Waals surface area contributed by atoms with Crippen LogP contribution in [0.4, 0.5) is 0 Å². The molecule has 1 saturated heterocycles. The number of aromatic nitrogens is 1. The lowest BCUT2D eigenvalue weighted by Crippen LogP contribution is -2.37. The van der Waals surface area contributed by atoms with Gasteiger partial charge in [0.05, 0.1) is 13.2 Å². The van der Waals surface area contributed by atoms with E-state index in [1.54, 1.807) is 13.2 Å². The van der Waals surface area contributed by atoms with Gasteiger partial charge in [0, 0.05) is 61.0 Å². The molecule has 1 fully saturated rings. The lowest BCUT2D eigenvalue weighted by Gasteiger charge is -2.29. The van der Waals surface area contributed by atoms with Crippen molar-refractivity contribution in [3.05, 3.63) is 53.4 Å². The third kappa shape index (κ3) is 4.03. The van der Waals surface area contributed by atoms with Gasteiger partial charge in [0.25, 0.3) is 0 Å². The topological polar surface area (TPSA) is 104 Å². The van der Waals surface area contributed by atoms with Crippen LogP contribution in [0.2, 0.25) is 0 Å². The van der Waals surface area contributed by atoms with E-state index >= 15 is 0 Å². The minimum atomic E-state index is -0.432. The summed E-state index contributed by atoms with van der Waals surface area (Å²) in [5.74, 6) is 0.00349. The van der Waals surface area contributed by atoms with Gasteiger partial charge in [-0.2, -0.15) is 0 Å². The molecule has 3 aromatic rings. The molecule has 3 N–H and O–H groups in total. The first kappa shape index (κ1) is 21.4. The van der Waals surface area contributed by atoms with Crippen LogP contribution < -0.4 is 9.47 Å². The normalized spacial score (nSPS) is 18.1. The number of hydrogen-bond acceptors (Lipinski definition) is 7. The molecule has 0 spiro atoms. The number of ketones is 1.